The van der Waals surface area contributed by atoms with Gasteiger partial charge in [-0.1, -0.05) is 42.7 Å². The average Bonchev–Trinajstić information content (AvgIpc) is 3.13. The highest BCUT2D eigenvalue weighted by Crippen LogP contribution is 2.32. The number of hydrogen-bond donors (Lipinski definition) is 1. The van der Waals surface area contributed by atoms with Crippen LogP contribution in [-0.4, -0.2) is 21.0 Å². The van der Waals surface area contributed by atoms with Gasteiger partial charge in [-0.05, 0) is 24.6 Å². The number of amides is 1. The van der Waals surface area contributed by atoms with Gasteiger partial charge in [0.1, 0.15) is 0 Å². The molecular formula is C19H17ClN4O4. The maximum absolute atomic E-state index is 12.8. The zero-order valence-corrected chi connectivity index (χ0v) is 16.1. The Labute approximate surface area is 165 Å². The molecule has 144 valence electrons. The summed E-state index contributed by atoms with van der Waals surface area (Å²) in [5.41, 5.74) is 1.55. The minimum absolute atomic E-state index is 0.00142. The third-order valence-corrected chi connectivity index (χ3v) is 4.43. The summed E-state index contributed by atoms with van der Waals surface area (Å²) in [6, 6.07) is 9.06. The number of nitro benzene ring substituents is 1. The molecular weight excluding hydrogens is 384 g/mol. The van der Waals surface area contributed by atoms with E-state index in [1.807, 2.05) is 26.8 Å². The Bertz CT molecular complexity index is 1060. The molecule has 0 aliphatic heterocycles. The SMILES string of the molecule is Cc1cccc(-c2nc(C(C)C)no2)c1NC(=O)c1cc([N+](=O)[O-])ccc1Cl. The van der Waals surface area contributed by atoms with E-state index in [1.165, 1.54) is 12.1 Å². The first kappa shape index (κ1) is 19.5. The van der Waals surface area contributed by atoms with Gasteiger partial charge in [-0.2, -0.15) is 4.98 Å². The lowest BCUT2D eigenvalue weighted by atomic mass is 10.1. The predicted octanol–water partition coefficient (Wildman–Crippen LogP) is 4.98. The first-order valence-electron chi connectivity index (χ1n) is 8.46. The van der Waals surface area contributed by atoms with E-state index in [-0.39, 0.29) is 28.1 Å². The van der Waals surface area contributed by atoms with Crippen molar-refractivity contribution in [2.45, 2.75) is 26.7 Å². The first-order valence-corrected chi connectivity index (χ1v) is 8.84. The van der Waals surface area contributed by atoms with E-state index in [0.29, 0.717) is 17.1 Å². The molecule has 0 saturated carbocycles. The Morgan fingerprint density at radius 1 is 1.29 bits per heavy atom. The fourth-order valence-electron chi connectivity index (χ4n) is 2.57. The van der Waals surface area contributed by atoms with Crippen LogP contribution < -0.4 is 5.32 Å². The van der Waals surface area contributed by atoms with Crippen molar-refractivity contribution in [2.75, 3.05) is 5.32 Å². The lowest BCUT2D eigenvalue weighted by Crippen LogP contribution is -2.14. The molecule has 0 radical (unpaired) electrons. The van der Waals surface area contributed by atoms with Crippen LogP contribution in [-0.2, 0) is 0 Å². The number of rotatable bonds is 5. The number of para-hydroxylation sites is 1. The molecule has 2 aromatic carbocycles. The van der Waals surface area contributed by atoms with Crippen LogP contribution in [0.1, 0.15) is 41.5 Å². The summed E-state index contributed by atoms with van der Waals surface area (Å²) >= 11 is 6.07. The topological polar surface area (TPSA) is 111 Å². The lowest BCUT2D eigenvalue weighted by molar-refractivity contribution is -0.384. The van der Waals surface area contributed by atoms with Gasteiger partial charge < -0.3 is 9.84 Å². The Hall–Kier alpha value is -3.26. The second-order valence-electron chi connectivity index (χ2n) is 6.49. The van der Waals surface area contributed by atoms with Crippen molar-refractivity contribution in [2.24, 2.45) is 0 Å². The molecule has 1 N–H and O–H groups in total. The summed E-state index contributed by atoms with van der Waals surface area (Å²) in [4.78, 5) is 27.6. The Balaban J connectivity index is 2.00. The quantitative estimate of drug-likeness (QED) is 0.477. The van der Waals surface area contributed by atoms with Crippen molar-refractivity contribution in [3.63, 3.8) is 0 Å². The van der Waals surface area contributed by atoms with Crippen LogP contribution in [0.2, 0.25) is 5.02 Å². The normalized spacial score (nSPS) is 10.9. The maximum Gasteiger partial charge on any atom is 0.270 e. The molecule has 8 nitrogen and oxygen atoms in total. The minimum Gasteiger partial charge on any atom is -0.334 e. The third kappa shape index (κ3) is 3.86. The maximum atomic E-state index is 12.8. The molecule has 0 aliphatic rings. The van der Waals surface area contributed by atoms with E-state index in [4.69, 9.17) is 16.1 Å². The van der Waals surface area contributed by atoms with Crippen LogP contribution >= 0.6 is 11.6 Å². The number of nitrogens with one attached hydrogen (secondary N) is 1. The second kappa shape index (κ2) is 7.77. The molecule has 1 heterocycles. The summed E-state index contributed by atoms with van der Waals surface area (Å²) in [5.74, 6) is 0.334. The number of carbonyl (C=O) groups is 1. The fraction of sp³-hybridized carbons (Fsp3) is 0.211. The van der Waals surface area contributed by atoms with E-state index in [2.05, 4.69) is 15.5 Å². The van der Waals surface area contributed by atoms with Crippen molar-refractivity contribution >= 4 is 28.9 Å². The highest BCUT2D eigenvalue weighted by atomic mass is 35.5. The number of non-ortho nitro benzene ring substituents is 1. The van der Waals surface area contributed by atoms with Crippen LogP contribution in [0.15, 0.2) is 40.9 Å². The van der Waals surface area contributed by atoms with Crippen molar-refractivity contribution < 1.29 is 14.2 Å². The molecule has 28 heavy (non-hydrogen) atoms. The number of aromatic nitrogens is 2. The van der Waals surface area contributed by atoms with Crippen LogP contribution in [0.3, 0.4) is 0 Å². The minimum atomic E-state index is -0.585. The molecule has 0 unspecified atom stereocenters. The van der Waals surface area contributed by atoms with Gasteiger partial charge in [-0.3, -0.25) is 14.9 Å². The first-order chi connectivity index (χ1) is 13.3. The van der Waals surface area contributed by atoms with E-state index in [0.717, 1.165) is 11.6 Å². The Morgan fingerprint density at radius 3 is 2.68 bits per heavy atom. The van der Waals surface area contributed by atoms with Crippen LogP contribution in [0, 0.1) is 17.0 Å². The van der Waals surface area contributed by atoms with E-state index in [1.54, 1.807) is 12.1 Å². The highest BCUT2D eigenvalue weighted by molar-refractivity contribution is 6.34. The molecule has 0 spiro atoms. The van der Waals surface area contributed by atoms with E-state index >= 15 is 0 Å². The van der Waals surface area contributed by atoms with Gasteiger partial charge in [0, 0.05) is 18.1 Å². The highest BCUT2D eigenvalue weighted by Gasteiger charge is 2.21. The molecule has 0 aliphatic carbocycles. The smallest absolute Gasteiger partial charge is 0.270 e. The van der Waals surface area contributed by atoms with Crippen LogP contribution in [0.5, 0.6) is 0 Å². The third-order valence-electron chi connectivity index (χ3n) is 4.11. The number of nitrogens with zero attached hydrogens (tertiary/aromatic N) is 3. The molecule has 0 bridgehead atoms. The Morgan fingerprint density at radius 2 is 2.04 bits per heavy atom. The standard InChI is InChI=1S/C19H17ClN4O4/c1-10(2)17-22-19(28-23-17)13-6-4-5-11(3)16(13)21-18(25)14-9-12(24(26)27)7-8-15(14)20/h4-10H,1-3H3,(H,21,25). The van der Waals surface area contributed by atoms with Gasteiger partial charge in [0.2, 0.25) is 0 Å². The number of hydrogen-bond acceptors (Lipinski definition) is 6. The van der Waals surface area contributed by atoms with E-state index < -0.39 is 10.8 Å². The number of benzene rings is 2. The molecule has 3 aromatic rings. The Kier molecular flexibility index (Phi) is 5.41. The van der Waals surface area contributed by atoms with Gasteiger partial charge in [-0.15, -0.1) is 0 Å². The van der Waals surface area contributed by atoms with Crippen LogP contribution in [0.25, 0.3) is 11.5 Å². The fourth-order valence-corrected chi connectivity index (χ4v) is 2.78. The van der Waals surface area contributed by atoms with Crippen molar-refractivity contribution in [1.82, 2.24) is 10.1 Å². The van der Waals surface area contributed by atoms with Gasteiger partial charge in [-0.25, -0.2) is 0 Å². The van der Waals surface area contributed by atoms with Gasteiger partial charge in [0.15, 0.2) is 5.82 Å². The monoisotopic (exact) mass is 400 g/mol. The van der Waals surface area contributed by atoms with Gasteiger partial charge in [0.05, 0.1) is 26.8 Å². The summed E-state index contributed by atoms with van der Waals surface area (Å²) in [6.07, 6.45) is 0. The predicted molar refractivity (Wildman–Crippen MR) is 105 cm³/mol. The van der Waals surface area contributed by atoms with E-state index in [9.17, 15) is 14.9 Å². The second-order valence-corrected chi connectivity index (χ2v) is 6.89. The number of aryl methyl sites for hydroxylation is 1. The number of anilines is 1. The van der Waals surface area contributed by atoms with Crippen molar-refractivity contribution in [3.8, 4) is 11.5 Å². The summed E-state index contributed by atoms with van der Waals surface area (Å²) in [7, 11) is 0. The van der Waals surface area contributed by atoms with Gasteiger partial charge >= 0.3 is 0 Å². The summed E-state index contributed by atoms with van der Waals surface area (Å²) < 4.78 is 5.34. The molecule has 0 atom stereocenters. The van der Waals surface area contributed by atoms with Crippen molar-refractivity contribution in [3.05, 3.63) is 68.5 Å². The molecule has 0 saturated heterocycles. The zero-order valence-electron chi connectivity index (χ0n) is 15.4. The largest absolute Gasteiger partial charge is 0.334 e. The molecule has 1 amide bonds. The number of carbonyl (C=O) groups excluding carboxylic acids is 1. The van der Waals surface area contributed by atoms with Gasteiger partial charge in [0.25, 0.3) is 17.5 Å². The lowest BCUT2D eigenvalue weighted by Gasteiger charge is -2.12. The van der Waals surface area contributed by atoms with Crippen LogP contribution in [0.4, 0.5) is 11.4 Å². The average molecular weight is 401 g/mol. The molecule has 1 aromatic heterocycles. The summed E-state index contributed by atoms with van der Waals surface area (Å²) in [6.45, 7) is 5.70. The molecule has 3 rings (SSSR count). The number of halogens is 1. The number of nitro groups is 1. The zero-order chi connectivity index (χ0) is 20.4. The molecule has 0 fully saturated rings. The molecule has 9 heteroatoms. The van der Waals surface area contributed by atoms with Crippen molar-refractivity contribution in [1.29, 1.82) is 0 Å². The summed E-state index contributed by atoms with van der Waals surface area (Å²) in [5, 5.41) is 17.8.